The smallest absolute Gasteiger partial charge is 0.316 e. The Morgan fingerprint density at radius 1 is 0.957 bits per heavy atom. The van der Waals surface area contributed by atoms with Crippen molar-refractivity contribution in [2.75, 3.05) is 25.1 Å². The van der Waals surface area contributed by atoms with E-state index in [0.717, 1.165) is 17.0 Å². The molecule has 118 valence electrons. The largest absolute Gasteiger partial charge is 0.497 e. The van der Waals surface area contributed by atoms with Crippen LogP contribution in [0.3, 0.4) is 0 Å². The van der Waals surface area contributed by atoms with Crippen LogP contribution in [0.15, 0.2) is 54.6 Å². The summed E-state index contributed by atoms with van der Waals surface area (Å²) in [6.07, 6.45) is 0. The summed E-state index contributed by atoms with van der Waals surface area (Å²) in [6, 6.07) is 16.8. The minimum Gasteiger partial charge on any atom is -0.497 e. The molecule has 0 unspecified atom stereocenters. The summed E-state index contributed by atoms with van der Waals surface area (Å²) in [7, 11) is 1.60. The lowest BCUT2D eigenvalue weighted by Crippen LogP contribution is -2.54. The molecule has 23 heavy (non-hydrogen) atoms. The fourth-order valence-electron chi connectivity index (χ4n) is 2.67. The summed E-state index contributed by atoms with van der Waals surface area (Å²) in [5.41, 5.74) is 1.70. The number of amides is 2. The highest BCUT2D eigenvalue weighted by molar-refractivity contribution is 6.40. The molecule has 2 aromatic rings. The molecule has 0 radical (unpaired) electrons. The fourth-order valence-corrected chi connectivity index (χ4v) is 2.67. The molecule has 1 aliphatic heterocycles. The van der Waals surface area contributed by atoms with Crippen molar-refractivity contribution in [3.05, 3.63) is 60.2 Å². The molecule has 0 atom stereocenters. The van der Waals surface area contributed by atoms with E-state index < -0.39 is 11.8 Å². The molecular weight excluding hydrogens is 292 g/mol. The first kappa shape index (κ1) is 15.1. The van der Waals surface area contributed by atoms with Gasteiger partial charge in [0.2, 0.25) is 0 Å². The molecule has 3 rings (SSSR count). The molecule has 0 aliphatic carbocycles. The average Bonchev–Trinajstić information content (AvgIpc) is 2.60. The molecule has 5 heteroatoms. The number of hydrogen-bond acceptors (Lipinski definition) is 3. The van der Waals surface area contributed by atoms with E-state index in [9.17, 15) is 9.59 Å². The number of nitrogens with zero attached hydrogens (tertiary/aromatic N) is 2. The predicted octanol–water partition coefficient (Wildman–Crippen LogP) is 2.07. The van der Waals surface area contributed by atoms with Crippen LogP contribution in [0.1, 0.15) is 5.56 Å². The Morgan fingerprint density at radius 2 is 1.74 bits per heavy atom. The average molecular weight is 310 g/mol. The Hall–Kier alpha value is -2.82. The van der Waals surface area contributed by atoms with Gasteiger partial charge in [0, 0.05) is 25.3 Å². The van der Waals surface area contributed by atoms with Crippen molar-refractivity contribution in [1.29, 1.82) is 0 Å². The van der Waals surface area contributed by atoms with E-state index in [4.69, 9.17) is 4.74 Å². The van der Waals surface area contributed by atoms with Crippen molar-refractivity contribution in [3.8, 4) is 5.75 Å². The third-order valence-electron chi connectivity index (χ3n) is 3.88. The third kappa shape index (κ3) is 3.18. The topological polar surface area (TPSA) is 49.9 Å². The quantitative estimate of drug-likeness (QED) is 0.812. The first-order chi connectivity index (χ1) is 11.2. The van der Waals surface area contributed by atoms with Crippen molar-refractivity contribution in [1.82, 2.24) is 4.90 Å². The number of carbonyl (C=O) groups excluding carboxylic acids is 2. The van der Waals surface area contributed by atoms with E-state index in [0.29, 0.717) is 19.6 Å². The molecule has 0 aromatic heterocycles. The van der Waals surface area contributed by atoms with Crippen molar-refractivity contribution in [2.45, 2.75) is 6.54 Å². The zero-order valence-corrected chi connectivity index (χ0v) is 12.9. The van der Waals surface area contributed by atoms with Crippen molar-refractivity contribution < 1.29 is 14.3 Å². The molecule has 2 amide bonds. The fraction of sp³-hybridized carbons (Fsp3) is 0.222. The van der Waals surface area contributed by atoms with Gasteiger partial charge in [-0.3, -0.25) is 9.59 Å². The lowest BCUT2D eigenvalue weighted by molar-refractivity contribution is -0.146. The monoisotopic (exact) mass is 310 g/mol. The molecule has 0 N–H and O–H groups in total. The third-order valence-corrected chi connectivity index (χ3v) is 3.88. The lowest BCUT2D eigenvalue weighted by Gasteiger charge is -2.33. The standard InChI is InChI=1S/C18H18N2O3/c1-23-16-9-5-6-14(12-16)13-19-10-11-20(18(22)17(19)21)15-7-3-2-4-8-15/h2-9,12H,10-11,13H2,1H3. The van der Waals surface area contributed by atoms with Crippen LogP contribution in [-0.4, -0.2) is 36.9 Å². The summed E-state index contributed by atoms with van der Waals surface area (Å²) in [5.74, 6) is -0.211. The van der Waals surface area contributed by atoms with Crippen LogP contribution in [0.25, 0.3) is 0 Å². The predicted molar refractivity (Wildman–Crippen MR) is 87.2 cm³/mol. The summed E-state index contributed by atoms with van der Waals surface area (Å²) in [4.78, 5) is 27.8. The first-order valence-corrected chi connectivity index (χ1v) is 7.48. The number of benzene rings is 2. The van der Waals surface area contributed by atoms with Crippen LogP contribution in [0.4, 0.5) is 5.69 Å². The zero-order chi connectivity index (χ0) is 16.2. The highest BCUT2D eigenvalue weighted by Gasteiger charge is 2.33. The van der Waals surface area contributed by atoms with E-state index in [2.05, 4.69) is 0 Å². The number of ether oxygens (including phenoxy) is 1. The van der Waals surface area contributed by atoms with Crippen molar-refractivity contribution in [3.63, 3.8) is 0 Å². The summed E-state index contributed by atoms with van der Waals surface area (Å²) >= 11 is 0. The van der Waals surface area contributed by atoms with Gasteiger partial charge in [-0.05, 0) is 29.8 Å². The summed E-state index contributed by atoms with van der Waals surface area (Å²) in [6.45, 7) is 1.42. The molecule has 2 aromatic carbocycles. The normalized spacial score (nSPS) is 15.0. The molecule has 0 spiro atoms. The number of anilines is 1. The van der Waals surface area contributed by atoms with Crippen LogP contribution in [0.5, 0.6) is 5.75 Å². The summed E-state index contributed by atoms with van der Waals surface area (Å²) in [5, 5.41) is 0. The molecule has 1 aliphatic rings. The Balaban J connectivity index is 1.72. The molecule has 0 saturated carbocycles. The second-order valence-corrected chi connectivity index (χ2v) is 5.37. The van der Waals surface area contributed by atoms with Gasteiger partial charge >= 0.3 is 11.8 Å². The van der Waals surface area contributed by atoms with Crippen LogP contribution >= 0.6 is 0 Å². The minimum atomic E-state index is -0.481. The van der Waals surface area contributed by atoms with Crippen LogP contribution < -0.4 is 9.64 Å². The van der Waals surface area contributed by atoms with E-state index in [1.54, 1.807) is 12.0 Å². The Kier molecular flexibility index (Phi) is 4.28. The number of rotatable bonds is 4. The van der Waals surface area contributed by atoms with Gasteiger partial charge in [0.05, 0.1) is 7.11 Å². The maximum atomic E-state index is 12.4. The highest BCUT2D eigenvalue weighted by Crippen LogP contribution is 2.20. The molecule has 1 saturated heterocycles. The molecular formula is C18H18N2O3. The molecule has 1 heterocycles. The van der Waals surface area contributed by atoms with Gasteiger partial charge in [0.15, 0.2) is 0 Å². The number of methoxy groups -OCH3 is 1. The van der Waals surface area contributed by atoms with Gasteiger partial charge in [-0.25, -0.2) is 0 Å². The maximum Gasteiger partial charge on any atom is 0.316 e. The summed E-state index contributed by atoms with van der Waals surface area (Å²) < 4.78 is 5.19. The SMILES string of the molecule is COc1cccc(CN2CCN(c3ccccc3)C(=O)C2=O)c1. The lowest BCUT2D eigenvalue weighted by atomic mass is 10.1. The zero-order valence-electron chi connectivity index (χ0n) is 12.9. The van der Waals surface area contributed by atoms with E-state index >= 15 is 0 Å². The Morgan fingerprint density at radius 3 is 2.48 bits per heavy atom. The van der Waals surface area contributed by atoms with E-state index in [1.807, 2.05) is 54.6 Å². The molecule has 5 nitrogen and oxygen atoms in total. The first-order valence-electron chi connectivity index (χ1n) is 7.48. The van der Waals surface area contributed by atoms with Gasteiger partial charge in [-0.2, -0.15) is 0 Å². The van der Waals surface area contributed by atoms with Gasteiger partial charge in [0.25, 0.3) is 0 Å². The number of para-hydroxylation sites is 1. The van der Waals surface area contributed by atoms with Gasteiger partial charge in [-0.1, -0.05) is 30.3 Å². The van der Waals surface area contributed by atoms with Crippen molar-refractivity contribution >= 4 is 17.5 Å². The second kappa shape index (κ2) is 6.52. The Labute approximate surface area is 135 Å². The van der Waals surface area contributed by atoms with Gasteiger partial charge in [-0.15, -0.1) is 0 Å². The molecule has 0 bridgehead atoms. The van der Waals surface area contributed by atoms with Crippen LogP contribution in [0, 0.1) is 0 Å². The highest BCUT2D eigenvalue weighted by atomic mass is 16.5. The second-order valence-electron chi connectivity index (χ2n) is 5.37. The molecule has 1 fully saturated rings. The number of piperazine rings is 1. The maximum absolute atomic E-state index is 12.4. The minimum absolute atomic E-state index is 0.407. The number of hydrogen-bond donors (Lipinski definition) is 0. The van der Waals surface area contributed by atoms with Crippen molar-refractivity contribution in [2.24, 2.45) is 0 Å². The van der Waals surface area contributed by atoms with E-state index in [1.165, 1.54) is 4.90 Å². The van der Waals surface area contributed by atoms with E-state index in [-0.39, 0.29) is 0 Å². The Bertz CT molecular complexity index is 715. The van der Waals surface area contributed by atoms with Gasteiger partial charge in [0.1, 0.15) is 5.75 Å². The van der Waals surface area contributed by atoms with Crippen LogP contribution in [0.2, 0.25) is 0 Å². The van der Waals surface area contributed by atoms with Crippen LogP contribution in [-0.2, 0) is 16.1 Å². The number of carbonyl (C=O) groups is 2. The van der Waals surface area contributed by atoms with Gasteiger partial charge < -0.3 is 14.5 Å².